The van der Waals surface area contributed by atoms with E-state index >= 15 is 0 Å². The first-order chi connectivity index (χ1) is 9.42. The highest BCUT2D eigenvalue weighted by molar-refractivity contribution is 7.90. The van der Waals surface area contributed by atoms with E-state index in [9.17, 15) is 8.42 Å². The molecule has 0 spiro atoms. The van der Waals surface area contributed by atoms with E-state index in [2.05, 4.69) is 0 Å². The van der Waals surface area contributed by atoms with Crippen LogP contribution in [0.3, 0.4) is 0 Å². The van der Waals surface area contributed by atoms with E-state index in [1.807, 2.05) is 6.07 Å². The number of hydrogen-bond donors (Lipinski definition) is 1. The third-order valence-corrected chi connectivity index (χ3v) is 5.21. The molecule has 20 heavy (non-hydrogen) atoms. The predicted molar refractivity (Wildman–Crippen MR) is 81.7 cm³/mol. The van der Waals surface area contributed by atoms with Crippen molar-refractivity contribution < 1.29 is 8.42 Å². The van der Waals surface area contributed by atoms with Crippen molar-refractivity contribution in [3.63, 3.8) is 0 Å². The van der Waals surface area contributed by atoms with Crippen molar-refractivity contribution in [1.82, 2.24) is 0 Å². The summed E-state index contributed by atoms with van der Waals surface area (Å²) in [7, 11) is -3.55. The maximum atomic E-state index is 12.4. The zero-order chi connectivity index (χ0) is 14.8. The van der Waals surface area contributed by atoms with Crippen LogP contribution in [0, 0.1) is 0 Å². The number of rotatable bonds is 4. The van der Waals surface area contributed by atoms with Crippen LogP contribution in [0.4, 0.5) is 0 Å². The lowest BCUT2D eigenvalue weighted by Gasteiger charge is -2.08. The van der Waals surface area contributed by atoms with Crippen LogP contribution in [0.5, 0.6) is 0 Å². The summed E-state index contributed by atoms with van der Waals surface area (Å²) in [6.07, 6.45) is 0. The molecule has 0 radical (unpaired) electrons. The minimum Gasteiger partial charge on any atom is -0.326 e. The molecule has 0 aliphatic rings. The van der Waals surface area contributed by atoms with Crippen LogP contribution in [0.25, 0.3) is 0 Å². The summed E-state index contributed by atoms with van der Waals surface area (Å²) in [5.74, 6) is -0.138. The summed E-state index contributed by atoms with van der Waals surface area (Å²) < 4.78 is 24.8. The van der Waals surface area contributed by atoms with Gasteiger partial charge in [-0.05, 0) is 29.3 Å². The molecule has 3 nitrogen and oxygen atoms in total. The zero-order valence-corrected chi connectivity index (χ0v) is 12.8. The molecule has 2 aromatic carbocycles. The fraction of sp³-hybridized carbons (Fsp3) is 0.143. The summed E-state index contributed by atoms with van der Waals surface area (Å²) in [5, 5.41) is 0.507. The minimum absolute atomic E-state index is 0.0461. The average molecular weight is 330 g/mol. The monoisotopic (exact) mass is 329 g/mol. The van der Waals surface area contributed by atoms with E-state index in [1.165, 1.54) is 12.1 Å². The maximum Gasteiger partial charge on any atom is 0.184 e. The molecule has 0 bridgehead atoms. The number of hydrogen-bond acceptors (Lipinski definition) is 3. The van der Waals surface area contributed by atoms with Gasteiger partial charge in [0.05, 0.1) is 15.7 Å². The smallest absolute Gasteiger partial charge is 0.184 e. The van der Waals surface area contributed by atoms with E-state index in [-0.39, 0.29) is 15.7 Å². The molecular formula is C14H13Cl2NO2S. The second kappa shape index (κ2) is 6.14. The Morgan fingerprint density at radius 1 is 1.00 bits per heavy atom. The van der Waals surface area contributed by atoms with Crippen molar-refractivity contribution in [1.29, 1.82) is 0 Å². The van der Waals surface area contributed by atoms with Crippen molar-refractivity contribution in [2.75, 3.05) is 0 Å². The molecular weight excluding hydrogens is 317 g/mol. The molecule has 0 unspecified atom stereocenters. The Balaban J connectivity index is 2.38. The van der Waals surface area contributed by atoms with Crippen LogP contribution in [-0.2, 0) is 22.1 Å². The molecule has 2 aromatic rings. The van der Waals surface area contributed by atoms with Gasteiger partial charge in [-0.25, -0.2) is 8.42 Å². The van der Waals surface area contributed by atoms with Gasteiger partial charge in [0.15, 0.2) is 9.84 Å². The summed E-state index contributed by atoms with van der Waals surface area (Å²) in [4.78, 5) is 0.0461. The first-order valence-electron chi connectivity index (χ1n) is 5.88. The highest BCUT2D eigenvalue weighted by Gasteiger charge is 2.19. The van der Waals surface area contributed by atoms with Gasteiger partial charge in [0.25, 0.3) is 0 Å². The quantitative estimate of drug-likeness (QED) is 0.934. The van der Waals surface area contributed by atoms with Crippen molar-refractivity contribution in [2.24, 2.45) is 5.73 Å². The second-order valence-electron chi connectivity index (χ2n) is 4.36. The fourth-order valence-corrected chi connectivity index (χ4v) is 4.01. The molecule has 0 heterocycles. The summed E-state index contributed by atoms with van der Waals surface area (Å²) >= 11 is 11.8. The molecule has 2 rings (SSSR count). The SMILES string of the molecule is NCc1cccc(CS(=O)(=O)c2cc(Cl)ccc2Cl)c1. The van der Waals surface area contributed by atoms with Gasteiger partial charge < -0.3 is 5.73 Å². The normalized spacial score (nSPS) is 11.6. The van der Waals surface area contributed by atoms with Gasteiger partial charge >= 0.3 is 0 Å². The lowest BCUT2D eigenvalue weighted by Crippen LogP contribution is -2.06. The van der Waals surface area contributed by atoms with Gasteiger partial charge in [-0.2, -0.15) is 0 Å². The molecule has 6 heteroatoms. The topological polar surface area (TPSA) is 60.2 Å². The van der Waals surface area contributed by atoms with E-state index in [0.29, 0.717) is 17.1 Å². The summed E-state index contributed by atoms with van der Waals surface area (Å²) in [5.41, 5.74) is 7.10. The highest BCUT2D eigenvalue weighted by Crippen LogP contribution is 2.27. The number of nitrogens with two attached hydrogens (primary N) is 1. The van der Waals surface area contributed by atoms with Crippen molar-refractivity contribution in [3.8, 4) is 0 Å². The van der Waals surface area contributed by atoms with Gasteiger partial charge in [0.2, 0.25) is 0 Å². The number of sulfone groups is 1. The van der Waals surface area contributed by atoms with Crippen molar-refractivity contribution in [2.45, 2.75) is 17.2 Å². The third kappa shape index (κ3) is 3.52. The Morgan fingerprint density at radius 3 is 2.40 bits per heavy atom. The lowest BCUT2D eigenvalue weighted by atomic mass is 10.1. The van der Waals surface area contributed by atoms with Crippen LogP contribution in [0.1, 0.15) is 11.1 Å². The van der Waals surface area contributed by atoms with E-state index in [0.717, 1.165) is 5.56 Å². The van der Waals surface area contributed by atoms with Crippen molar-refractivity contribution in [3.05, 3.63) is 63.6 Å². The Morgan fingerprint density at radius 2 is 1.70 bits per heavy atom. The zero-order valence-electron chi connectivity index (χ0n) is 10.5. The average Bonchev–Trinajstić information content (AvgIpc) is 2.41. The van der Waals surface area contributed by atoms with Gasteiger partial charge in [-0.15, -0.1) is 0 Å². The standard InChI is InChI=1S/C14H13Cl2NO2S/c15-12-4-5-13(16)14(7-12)20(18,19)9-11-3-1-2-10(6-11)8-17/h1-7H,8-9,17H2. The van der Waals surface area contributed by atoms with Gasteiger partial charge in [0, 0.05) is 11.6 Å². The summed E-state index contributed by atoms with van der Waals surface area (Å²) in [6.45, 7) is 0.367. The molecule has 0 amide bonds. The van der Waals surface area contributed by atoms with Crippen LogP contribution >= 0.6 is 23.2 Å². The van der Waals surface area contributed by atoms with Crippen LogP contribution < -0.4 is 5.73 Å². The van der Waals surface area contributed by atoms with Crippen LogP contribution in [0.15, 0.2) is 47.4 Å². The maximum absolute atomic E-state index is 12.4. The Bertz CT molecular complexity index is 730. The molecule has 106 valence electrons. The van der Waals surface area contributed by atoms with E-state index in [1.54, 1.807) is 24.3 Å². The van der Waals surface area contributed by atoms with Crippen molar-refractivity contribution >= 4 is 33.0 Å². The molecule has 0 fully saturated rings. The first kappa shape index (κ1) is 15.3. The van der Waals surface area contributed by atoms with Gasteiger partial charge in [0.1, 0.15) is 0 Å². The molecule has 0 aliphatic heterocycles. The third-order valence-electron chi connectivity index (χ3n) is 2.81. The van der Waals surface area contributed by atoms with Gasteiger partial charge in [-0.3, -0.25) is 0 Å². The molecule has 0 aliphatic carbocycles. The fourth-order valence-electron chi connectivity index (χ4n) is 1.86. The van der Waals surface area contributed by atoms with E-state index < -0.39 is 9.84 Å². The summed E-state index contributed by atoms with van der Waals surface area (Å²) in [6, 6.07) is 11.6. The predicted octanol–water partition coefficient (Wildman–Crippen LogP) is 3.43. The van der Waals surface area contributed by atoms with E-state index in [4.69, 9.17) is 28.9 Å². The second-order valence-corrected chi connectivity index (χ2v) is 7.16. The highest BCUT2D eigenvalue weighted by atomic mass is 35.5. The number of benzene rings is 2. The lowest BCUT2D eigenvalue weighted by molar-refractivity contribution is 0.595. The Hall–Kier alpha value is -1.07. The molecule has 2 N–H and O–H groups in total. The molecule has 0 saturated heterocycles. The molecule has 0 aromatic heterocycles. The van der Waals surface area contributed by atoms with Crippen LogP contribution in [0.2, 0.25) is 10.0 Å². The number of halogens is 2. The Kier molecular flexibility index (Phi) is 4.70. The largest absolute Gasteiger partial charge is 0.326 e. The van der Waals surface area contributed by atoms with Gasteiger partial charge in [-0.1, -0.05) is 47.5 Å². The minimum atomic E-state index is -3.55. The van der Waals surface area contributed by atoms with Crippen LogP contribution in [-0.4, -0.2) is 8.42 Å². The molecule has 0 saturated carbocycles. The molecule has 0 atom stereocenters. The first-order valence-corrected chi connectivity index (χ1v) is 8.29. The Labute approximate surface area is 128 Å².